The number of aryl methyl sites for hydroxylation is 1. The monoisotopic (exact) mass is 279 g/mol. The third-order valence-corrected chi connectivity index (χ3v) is 4.32. The molecule has 0 aliphatic heterocycles. The number of hydrogen-bond acceptors (Lipinski definition) is 4. The van der Waals surface area contributed by atoms with Gasteiger partial charge in [0.05, 0.1) is 0 Å². The van der Waals surface area contributed by atoms with Crippen molar-refractivity contribution < 1.29 is 4.42 Å². The lowest BCUT2D eigenvalue weighted by molar-refractivity contribution is 0.637. The molecule has 3 aromatic rings. The van der Waals surface area contributed by atoms with E-state index in [4.69, 9.17) is 15.9 Å². The molecule has 4 rings (SSSR count). The van der Waals surface area contributed by atoms with Crippen LogP contribution in [0.1, 0.15) is 24.0 Å². The SMILES string of the molecule is Nc1oc2c(-c3cccc4c3CCCC4)nccc2c1N. The Morgan fingerprint density at radius 1 is 1.05 bits per heavy atom. The van der Waals surface area contributed by atoms with E-state index in [0.29, 0.717) is 11.3 Å². The number of nitrogens with zero attached hydrogens (tertiary/aromatic N) is 1. The van der Waals surface area contributed by atoms with Gasteiger partial charge >= 0.3 is 0 Å². The zero-order valence-electron chi connectivity index (χ0n) is 11.7. The van der Waals surface area contributed by atoms with E-state index in [1.54, 1.807) is 6.20 Å². The summed E-state index contributed by atoms with van der Waals surface area (Å²) in [5.74, 6) is 0.268. The van der Waals surface area contributed by atoms with Crippen LogP contribution in [-0.4, -0.2) is 4.98 Å². The molecule has 0 amide bonds. The number of pyridine rings is 1. The van der Waals surface area contributed by atoms with Crippen molar-refractivity contribution in [2.75, 3.05) is 11.5 Å². The van der Waals surface area contributed by atoms with Crippen molar-refractivity contribution in [1.82, 2.24) is 4.98 Å². The van der Waals surface area contributed by atoms with E-state index >= 15 is 0 Å². The van der Waals surface area contributed by atoms with Crippen LogP contribution >= 0.6 is 0 Å². The van der Waals surface area contributed by atoms with Crippen molar-refractivity contribution in [3.05, 3.63) is 41.6 Å². The Hall–Kier alpha value is -2.49. The summed E-state index contributed by atoms with van der Waals surface area (Å²) in [5, 5.41) is 0.839. The molecule has 21 heavy (non-hydrogen) atoms. The largest absolute Gasteiger partial charge is 0.436 e. The molecule has 4 nitrogen and oxygen atoms in total. The molecule has 106 valence electrons. The molecule has 0 atom stereocenters. The quantitative estimate of drug-likeness (QED) is 0.714. The lowest BCUT2D eigenvalue weighted by Crippen LogP contribution is -2.04. The Labute approximate surface area is 122 Å². The normalized spacial score (nSPS) is 14.3. The summed E-state index contributed by atoms with van der Waals surface area (Å²) in [4.78, 5) is 4.53. The van der Waals surface area contributed by atoms with Gasteiger partial charge in [0.25, 0.3) is 0 Å². The average molecular weight is 279 g/mol. The first-order chi connectivity index (χ1) is 10.3. The summed E-state index contributed by atoms with van der Waals surface area (Å²) in [5.41, 5.74) is 17.8. The van der Waals surface area contributed by atoms with E-state index in [1.165, 1.54) is 24.0 Å². The van der Waals surface area contributed by atoms with E-state index in [9.17, 15) is 0 Å². The molecule has 2 heterocycles. The lowest BCUT2D eigenvalue weighted by Gasteiger charge is -2.19. The Kier molecular flexibility index (Phi) is 2.64. The molecular formula is C17H17N3O. The molecular weight excluding hydrogens is 262 g/mol. The number of fused-ring (bicyclic) bond motifs is 2. The second-order valence-corrected chi connectivity index (χ2v) is 5.57. The first kappa shape index (κ1) is 12.3. The van der Waals surface area contributed by atoms with Crippen molar-refractivity contribution >= 4 is 22.5 Å². The molecule has 1 aromatic carbocycles. The van der Waals surface area contributed by atoms with Gasteiger partial charge in [-0.05, 0) is 42.9 Å². The topological polar surface area (TPSA) is 78.1 Å². The number of nitrogen functional groups attached to an aromatic ring is 2. The summed E-state index contributed by atoms with van der Waals surface area (Å²) < 4.78 is 5.67. The minimum atomic E-state index is 0.268. The number of rotatable bonds is 1. The van der Waals surface area contributed by atoms with Crippen LogP contribution in [0.2, 0.25) is 0 Å². The molecule has 1 aliphatic carbocycles. The first-order valence-corrected chi connectivity index (χ1v) is 7.29. The molecule has 0 saturated heterocycles. The van der Waals surface area contributed by atoms with Crippen molar-refractivity contribution in [1.29, 1.82) is 0 Å². The fraction of sp³-hybridized carbons (Fsp3) is 0.235. The maximum Gasteiger partial charge on any atom is 0.214 e. The summed E-state index contributed by atoms with van der Waals surface area (Å²) in [6.07, 6.45) is 6.49. The van der Waals surface area contributed by atoms with Crippen LogP contribution in [-0.2, 0) is 12.8 Å². The van der Waals surface area contributed by atoms with Crippen LogP contribution in [0.25, 0.3) is 22.2 Å². The van der Waals surface area contributed by atoms with Gasteiger partial charge in [0, 0.05) is 17.1 Å². The van der Waals surface area contributed by atoms with Crippen LogP contribution in [0.4, 0.5) is 11.6 Å². The Morgan fingerprint density at radius 3 is 2.81 bits per heavy atom. The van der Waals surface area contributed by atoms with Crippen LogP contribution in [0.5, 0.6) is 0 Å². The van der Waals surface area contributed by atoms with Gasteiger partial charge in [-0.2, -0.15) is 0 Å². The lowest BCUT2D eigenvalue weighted by atomic mass is 9.87. The molecule has 0 radical (unpaired) electrons. The van der Waals surface area contributed by atoms with Crippen molar-refractivity contribution in [3.63, 3.8) is 0 Å². The number of benzene rings is 1. The number of furan rings is 1. The summed E-state index contributed by atoms with van der Waals surface area (Å²) in [7, 11) is 0. The smallest absolute Gasteiger partial charge is 0.214 e. The molecule has 0 saturated carbocycles. The van der Waals surface area contributed by atoms with E-state index in [1.807, 2.05) is 6.07 Å². The second-order valence-electron chi connectivity index (χ2n) is 5.57. The van der Waals surface area contributed by atoms with Gasteiger partial charge in [0.15, 0.2) is 5.58 Å². The van der Waals surface area contributed by atoms with E-state index in [2.05, 4.69) is 23.2 Å². The summed E-state index contributed by atoms with van der Waals surface area (Å²) in [6.45, 7) is 0. The first-order valence-electron chi connectivity index (χ1n) is 7.29. The molecule has 4 N–H and O–H groups in total. The number of hydrogen-bond donors (Lipinski definition) is 2. The maximum absolute atomic E-state index is 5.98. The summed E-state index contributed by atoms with van der Waals surface area (Å²) in [6, 6.07) is 8.27. The predicted molar refractivity (Wildman–Crippen MR) is 84.9 cm³/mol. The minimum absolute atomic E-state index is 0.268. The highest BCUT2D eigenvalue weighted by molar-refractivity contribution is 6.01. The Morgan fingerprint density at radius 2 is 1.90 bits per heavy atom. The number of nitrogens with two attached hydrogens (primary N) is 2. The van der Waals surface area contributed by atoms with Gasteiger partial charge in [0.1, 0.15) is 11.4 Å². The third kappa shape index (κ3) is 1.79. The van der Waals surface area contributed by atoms with Gasteiger partial charge in [-0.3, -0.25) is 4.98 Å². The summed E-state index contributed by atoms with van der Waals surface area (Å²) >= 11 is 0. The standard InChI is InChI=1S/C17H17N3O/c18-14-13-8-9-20-15(16(13)21-17(14)19)12-7-3-5-10-4-1-2-6-11(10)12/h3,5,7-9H,1-2,4,6,18-19H2. The van der Waals surface area contributed by atoms with E-state index in [0.717, 1.165) is 29.5 Å². The highest BCUT2D eigenvalue weighted by atomic mass is 16.3. The predicted octanol–water partition coefficient (Wildman–Crippen LogP) is 3.54. The van der Waals surface area contributed by atoms with Gasteiger partial charge in [-0.25, -0.2) is 0 Å². The van der Waals surface area contributed by atoms with Gasteiger partial charge in [0.2, 0.25) is 5.88 Å². The molecule has 1 aliphatic rings. The average Bonchev–Trinajstić information content (AvgIpc) is 2.82. The molecule has 0 unspecified atom stereocenters. The number of anilines is 2. The van der Waals surface area contributed by atoms with E-state index < -0.39 is 0 Å². The molecule has 0 bridgehead atoms. The molecule has 0 spiro atoms. The highest BCUT2D eigenvalue weighted by Gasteiger charge is 2.19. The minimum Gasteiger partial charge on any atom is -0.436 e. The maximum atomic E-state index is 5.98. The van der Waals surface area contributed by atoms with E-state index in [-0.39, 0.29) is 5.88 Å². The highest BCUT2D eigenvalue weighted by Crippen LogP contribution is 2.38. The number of aromatic nitrogens is 1. The van der Waals surface area contributed by atoms with Crippen LogP contribution in [0.15, 0.2) is 34.9 Å². The Bertz CT molecular complexity index is 835. The zero-order chi connectivity index (χ0) is 14.4. The Balaban J connectivity index is 2.01. The van der Waals surface area contributed by atoms with Crippen molar-refractivity contribution in [3.8, 4) is 11.3 Å². The second kappa shape index (κ2) is 4.52. The fourth-order valence-corrected chi connectivity index (χ4v) is 3.26. The molecule has 4 heteroatoms. The van der Waals surface area contributed by atoms with Crippen molar-refractivity contribution in [2.24, 2.45) is 0 Å². The van der Waals surface area contributed by atoms with Crippen LogP contribution < -0.4 is 11.5 Å². The molecule has 0 fully saturated rings. The van der Waals surface area contributed by atoms with Gasteiger partial charge in [-0.1, -0.05) is 18.2 Å². The third-order valence-electron chi connectivity index (χ3n) is 4.32. The van der Waals surface area contributed by atoms with Gasteiger partial charge < -0.3 is 15.9 Å². The van der Waals surface area contributed by atoms with Crippen LogP contribution in [0.3, 0.4) is 0 Å². The zero-order valence-corrected chi connectivity index (χ0v) is 11.7. The van der Waals surface area contributed by atoms with Gasteiger partial charge in [-0.15, -0.1) is 0 Å². The van der Waals surface area contributed by atoms with Crippen LogP contribution in [0, 0.1) is 0 Å². The van der Waals surface area contributed by atoms with Crippen molar-refractivity contribution in [2.45, 2.75) is 25.7 Å². The fourth-order valence-electron chi connectivity index (χ4n) is 3.26. The molecule has 2 aromatic heterocycles.